The summed E-state index contributed by atoms with van der Waals surface area (Å²) >= 11 is 3.36. The highest BCUT2D eigenvalue weighted by molar-refractivity contribution is 9.10. The molecule has 0 saturated carbocycles. The zero-order chi connectivity index (χ0) is 13.5. The summed E-state index contributed by atoms with van der Waals surface area (Å²) in [6, 6.07) is 17.9. The fourth-order valence-electron chi connectivity index (χ4n) is 1.69. The van der Waals surface area contributed by atoms with E-state index >= 15 is 0 Å². The first-order valence-electron chi connectivity index (χ1n) is 5.95. The molecule has 0 amide bonds. The molecule has 0 atom stereocenters. The van der Waals surface area contributed by atoms with Crippen molar-refractivity contribution in [3.8, 4) is 6.07 Å². The molecule has 19 heavy (non-hydrogen) atoms. The Balaban J connectivity index is 1.97. The van der Waals surface area contributed by atoms with Crippen molar-refractivity contribution in [3.05, 3.63) is 70.2 Å². The molecule has 2 nitrogen and oxygen atoms in total. The topological polar surface area (TPSA) is 35.8 Å². The van der Waals surface area contributed by atoms with Crippen molar-refractivity contribution in [2.75, 3.05) is 11.9 Å². The number of rotatable bonds is 4. The average Bonchev–Trinajstić information content (AvgIpc) is 2.46. The standard InChI is InChI=1S/C16H13BrN2/c17-15-8-9-16(14(11-15)12-18)19-10-4-7-13-5-2-1-3-6-13/h1-9,11,19H,10H2/b7-4+. The Morgan fingerprint density at radius 1 is 1.16 bits per heavy atom. The number of nitrogens with one attached hydrogen (secondary N) is 1. The summed E-state index contributed by atoms with van der Waals surface area (Å²) < 4.78 is 0.912. The van der Waals surface area contributed by atoms with E-state index in [9.17, 15) is 0 Å². The van der Waals surface area contributed by atoms with E-state index in [0.717, 1.165) is 10.2 Å². The summed E-state index contributed by atoms with van der Waals surface area (Å²) in [5.74, 6) is 0. The van der Waals surface area contributed by atoms with Crippen LogP contribution < -0.4 is 5.32 Å². The first-order valence-corrected chi connectivity index (χ1v) is 6.74. The zero-order valence-corrected chi connectivity index (χ0v) is 11.9. The third-order valence-electron chi connectivity index (χ3n) is 2.62. The quantitative estimate of drug-likeness (QED) is 0.905. The van der Waals surface area contributed by atoms with Gasteiger partial charge in [0.15, 0.2) is 0 Å². The molecule has 2 rings (SSSR count). The molecule has 0 aromatic heterocycles. The fraction of sp³-hybridized carbons (Fsp3) is 0.0625. The first-order chi connectivity index (χ1) is 9.29. The second-order valence-corrected chi connectivity index (χ2v) is 4.91. The number of halogens is 1. The number of nitriles is 1. The van der Waals surface area contributed by atoms with Gasteiger partial charge in [0.1, 0.15) is 6.07 Å². The number of benzene rings is 2. The van der Waals surface area contributed by atoms with Crippen molar-refractivity contribution in [1.29, 1.82) is 5.26 Å². The van der Waals surface area contributed by atoms with E-state index in [4.69, 9.17) is 5.26 Å². The van der Waals surface area contributed by atoms with Crippen LogP contribution in [0.4, 0.5) is 5.69 Å². The van der Waals surface area contributed by atoms with Crippen molar-refractivity contribution in [1.82, 2.24) is 0 Å². The molecule has 0 spiro atoms. The predicted molar refractivity (Wildman–Crippen MR) is 82.8 cm³/mol. The lowest BCUT2D eigenvalue weighted by Crippen LogP contribution is -2.00. The van der Waals surface area contributed by atoms with Crippen LogP contribution >= 0.6 is 15.9 Å². The van der Waals surface area contributed by atoms with E-state index in [-0.39, 0.29) is 0 Å². The Hall–Kier alpha value is -2.05. The zero-order valence-electron chi connectivity index (χ0n) is 10.3. The predicted octanol–water partition coefficient (Wildman–Crippen LogP) is 4.45. The summed E-state index contributed by atoms with van der Waals surface area (Å²) in [5, 5.41) is 12.3. The number of anilines is 1. The van der Waals surface area contributed by atoms with Gasteiger partial charge in [-0.05, 0) is 23.8 Å². The smallest absolute Gasteiger partial charge is 0.101 e. The van der Waals surface area contributed by atoms with Gasteiger partial charge >= 0.3 is 0 Å². The van der Waals surface area contributed by atoms with Crippen molar-refractivity contribution >= 4 is 27.7 Å². The van der Waals surface area contributed by atoms with Gasteiger partial charge in [-0.1, -0.05) is 58.4 Å². The van der Waals surface area contributed by atoms with Gasteiger partial charge in [0.25, 0.3) is 0 Å². The Kier molecular flexibility index (Phi) is 4.77. The van der Waals surface area contributed by atoms with Crippen molar-refractivity contribution in [3.63, 3.8) is 0 Å². The third-order valence-corrected chi connectivity index (χ3v) is 3.12. The van der Waals surface area contributed by atoms with E-state index in [1.807, 2.05) is 42.5 Å². The molecular formula is C16H13BrN2. The van der Waals surface area contributed by atoms with Gasteiger partial charge in [-0.15, -0.1) is 0 Å². The molecule has 0 heterocycles. The molecule has 0 bridgehead atoms. The van der Waals surface area contributed by atoms with Crippen LogP contribution in [0.5, 0.6) is 0 Å². The second kappa shape index (κ2) is 6.77. The molecule has 0 unspecified atom stereocenters. The normalized spacial score (nSPS) is 10.3. The fourth-order valence-corrected chi connectivity index (χ4v) is 2.05. The molecule has 1 N–H and O–H groups in total. The van der Waals surface area contributed by atoms with Crippen LogP contribution in [0.2, 0.25) is 0 Å². The highest BCUT2D eigenvalue weighted by Crippen LogP contribution is 2.20. The lowest BCUT2D eigenvalue weighted by Gasteiger charge is -2.05. The molecule has 2 aromatic carbocycles. The Bertz CT molecular complexity index is 612. The maximum atomic E-state index is 9.05. The molecule has 0 aliphatic rings. The molecule has 94 valence electrons. The molecule has 0 saturated heterocycles. The van der Waals surface area contributed by atoms with Crippen LogP contribution in [-0.2, 0) is 0 Å². The molecule has 0 aliphatic heterocycles. The molecule has 0 radical (unpaired) electrons. The lowest BCUT2D eigenvalue weighted by molar-refractivity contribution is 1.32. The van der Waals surface area contributed by atoms with E-state index in [1.54, 1.807) is 0 Å². The second-order valence-electron chi connectivity index (χ2n) is 4.00. The molecule has 0 fully saturated rings. The maximum absolute atomic E-state index is 9.05. The van der Waals surface area contributed by atoms with Crippen LogP contribution in [0.25, 0.3) is 6.08 Å². The summed E-state index contributed by atoms with van der Waals surface area (Å²) in [6.45, 7) is 0.686. The average molecular weight is 313 g/mol. The van der Waals surface area contributed by atoms with E-state index in [0.29, 0.717) is 12.1 Å². The van der Waals surface area contributed by atoms with Crippen LogP contribution in [0.1, 0.15) is 11.1 Å². The molecule has 2 aromatic rings. The summed E-state index contributed by atoms with van der Waals surface area (Å²) in [7, 11) is 0. The maximum Gasteiger partial charge on any atom is 0.101 e. The van der Waals surface area contributed by atoms with Crippen molar-refractivity contribution < 1.29 is 0 Å². The van der Waals surface area contributed by atoms with Gasteiger partial charge in [0.05, 0.1) is 11.3 Å². The lowest BCUT2D eigenvalue weighted by atomic mass is 10.2. The Morgan fingerprint density at radius 2 is 1.95 bits per heavy atom. The minimum atomic E-state index is 0.641. The Morgan fingerprint density at radius 3 is 2.68 bits per heavy atom. The van der Waals surface area contributed by atoms with Gasteiger partial charge in [-0.25, -0.2) is 0 Å². The molecular weight excluding hydrogens is 300 g/mol. The van der Waals surface area contributed by atoms with Crippen LogP contribution in [0, 0.1) is 11.3 Å². The highest BCUT2D eigenvalue weighted by Gasteiger charge is 2.00. The van der Waals surface area contributed by atoms with E-state index in [1.165, 1.54) is 5.56 Å². The van der Waals surface area contributed by atoms with Gasteiger partial charge in [-0.2, -0.15) is 5.26 Å². The first kappa shape index (κ1) is 13.4. The SMILES string of the molecule is N#Cc1cc(Br)ccc1NC/C=C/c1ccccc1. The van der Waals surface area contributed by atoms with Crippen molar-refractivity contribution in [2.24, 2.45) is 0 Å². The largest absolute Gasteiger partial charge is 0.380 e. The van der Waals surface area contributed by atoms with Crippen LogP contribution in [-0.4, -0.2) is 6.54 Å². The summed E-state index contributed by atoms with van der Waals surface area (Å²) in [6.07, 6.45) is 4.09. The number of hydrogen-bond acceptors (Lipinski definition) is 2. The van der Waals surface area contributed by atoms with Crippen LogP contribution in [0.3, 0.4) is 0 Å². The minimum absolute atomic E-state index is 0.641. The highest BCUT2D eigenvalue weighted by atomic mass is 79.9. The van der Waals surface area contributed by atoms with Gasteiger partial charge in [-0.3, -0.25) is 0 Å². The summed E-state index contributed by atoms with van der Waals surface area (Å²) in [4.78, 5) is 0. The minimum Gasteiger partial charge on any atom is -0.380 e. The van der Waals surface area contributed by atoms with Crippen LogP contribution in [0.15, 0.2) is 59.1 Å². The van der Waals surface area contributed by atoms with E-state index in [2.05, 4.69) is 45.5 Å². The summed E-state index contributed by atoms with van der Waals surface area (Å²) in [5.41, 5.74) is 2.66. The third kappa shape index (κ3) is 3.97. The monoisotopic (exact) mass is 312 g/mol. The molecule has 3 heteroatoms. The Labute approximate surface area is 121 Å². The van der Waals surface area contributed by atoms with Gasteiger partial charge in [0, 0.05) is 11.0 Å². The molecule has 0 aliphatic carbocycles. The van der Waals surface area contributed by atoms with Gasteiger partial charge in [0.2, 0.25) is 0 Å². The number of hydrogen-bond donors (Lipinski definition) is 1. The van der Waals surface area contributed by atoms with E-state index < -0.39 is 0 Å². The number of nitrogens with zero attached hydrogens (tertiary/aromatic N) is 1. The van der Waals surface area contributed by atoms with Gasteiger partial charge < -0.3 is 5.32 Å². The van der Waals surface area contributed by atoms with Crippen molar-refractivity contribution in [2.45, 2.75) is 0 Å².